The number of pyridine rings is 1. The number of halogens is 2. The van der Waals surface area contributed by atoms with Crippen LogP contribution < -0.4 is 5.32 Å². The summed E-state index contributed by atoms with van der Waals surface area (Å²) >= 11 is 0. The topological polar surface area (TPSA) is 71.5 Å². The number of cyclic esters (lactones) is 1. The molecule has 158 valence electrons. The van der Waals surface area contributed by atoms with Crippen molar-refractivity contribution in [2.24, 2.45) is 11.8 Å². The Morgan fingerprint density at radius 1 is 1.27 bits per heavy atom. The fourth-order valence-electron chi connectivity index (χ4n) is 4.42. The number of hydrogen-bond donors (Lipinski definition) is 1. The molecule has 0 bridgehead atoms. The van der Waals surface area contributed by atoms with E-state index in [1.807, 2.05) is 6.92 Å². The molecule has 2 aliphatic heterocycles. The van der Waals surface area contributed by atoms with E-state index in [0.29, 0.717) is 36.5 Å². The molecule has 2 aliphatic rings. The first-order valence-corrected chi connectivity index (χ1v) is 9.93. The van der Waals surface area contributed by atoms with Crippen molar-refractivity contribution in [1.29, 1.82) is 0 Å². The van der Waals surface area contributed by atoms with Gasteiger partial charge in [-0.15, -0.1) is 0 Å². The van der Waals surface area contributed by atoms with Gasteiger partial charge in [0.2, 0.25) is 5.91 Å². The third kappa shape index (κ3) is 3.74. The van der Waals surface area contributed by atoms with Crippen molar-refractivity contribution in [3.05, 3.63) is 48.2 Å². The van der Waals surface area contributed by atoms with Crippen LogP contribution in [0.2, 0.25) is 0 Å². The Labute approximate surface area is 173 Å². The van der Waals surface area contributed by atoms with Gasteiger partial charge >= 0.3 is 6.09 Å². The number of anilines is 1. The summed E-state index contributed by atoms with van der Waals surface area (Å²) in [6.45, 7) is 4.98. The molecule has 3 heterocycles. The molecule has 8 heteroatoms. The Morgan fingerprint density at radius 2 is 2.00 bits per heavy atom. The molecule has 2 fully saturated rings. The molecule has 30 heavy (non-hydrogen) atoms. The molecule has 6 nitrogen and oxygen atoms in total. The smallest absolute Gasteiger partial charge is 0.410 e. The Balaban J connectivity index is 1.39. The van der Waals surface area contributed by atoms with Crippen molar-refractivity contribution in [1.82, 2.24) is 9.88 Å². The zero-order valence-corrected chi connectivity index (χ0v) is 16.8. The summed E-state index contributed by atoms with van der Waals surface area (Å²) < 4.78 is 32.0. The molecular formula is C22H23F2N3O3. The molecule has 0 radical (unpaired) electrons. The number of carbonyl (C=O) groups is 2. The molecule has 0 saturated carbocycles. The predicted molar refractivity (Wildman–Crippen MR) is 107 cm³/mol. The van der Waals surface area contributed by atoms with Crippen LogP contribution in [-0.2, 0) is 9.53 Å². The zero-order chi connectivity index (χ0) is 21.5. The molecular weight excluding hydrogens is 392 g/mol. The highest BCUT2D eigenvalue weighted by molar-refractivity contribution is 5.90. The van der Waals surface area contributed by atoms with Crippen LogP contribution in [0.15, 0.2) is 36.5 Å². The molecule has 0 aliphatic carbocycles. The number of fused-ring (bicyclic) bond motifs is 1. The normalized spacial score (nSPS) is 25.6. The van der Waals surface area contributed by atoms with E-state index in [-0.39, 0.29) is 29.4 Å². The lowest BCUT2D eigenvalue weighted by atomic mass is 9.72. The molecule has 4 rings (SSSR count). The number of amides is 2. The maximum Gasteiger partial charge on any atom is 0.410 e. The first-order valence-electron chi connectivity index (χ1n) is 9.93. The van der Waals surface area contributed by atoms with Gasteiger partial charge in [-0.2, -0.15) is 0 Å². The summed E-state index contributed by atoms with van der Waals surface area (Å²) in [5.74, 6) is -0.879. The van der Waals surface area contributed by atoms with Crippen molar-refractivity contribution < 1.29 is 23.1 Å². The van der Waals surface area contributed by atoms with Crippen molar-refractivity contribution in [3.63, 3.8) is 0 Å². The molecule has 1 aromatic carbocycles. The number of aromatic nitrogens is 1. The van der Waals surface area contributed by atoms with Crippen LogP contribution in [0.4, 0.5) is 19.4 Å². The summed E-state index contributed by atoms with van der Waals surface area (Å²) in [7, 11) is 0. The van der Waals surface area contributed by atoms with Gasteiger partial charge in [0, 0.05) is 30.8 Å². The minimum atomic E-state index is -0.661. The lowest BCUT2D eigenvalue weighted by Gasteiger charge is -2.46. The zero-order valence-electron chi connectivity index (χ0n) is 16.8. The molecule has 2 amide bonds. The van der Waals surface area contributed by atoms with E-state index < -0.39 is 11.6 Å². The van der Waals surface area contributed by atoms with Gasteiger partial charge in [-0.25, -0.2) is 18.6 Å². The number of rotatable bonds is 4. The number of nitrogens with one attached hydrogen (secondary N) is 1. The van der Waals surface area contributed by atoms with Crippen molar-refractivity contribution in [2.45, 2.75) is 32.2 Å². The third-order valence-electron chi connectivity index (χ3n) is 6.41. The minimum absolute atomic E-state index is 0.113. The fourth-order valence-corrected chi connectivity index (χ4v) is 4.42. The number of hydrogen-bond acceptors (Lipinski definition) is 4. The standard InChI is InChI=1S/C22H23F2N3O3/c1-13-14(5-6-27-21(29)30-12-22(13,27)2)9-20(28)26-19-4-3-15(11-25-19)16-7-17(23)10-18(24)8-16/h3-4,7-8,10-11,13-14H,5-6,9,12H2,1-2H3,(H,25,26,28)/t13?,14-,22-/m0/s1. The largest absolute Gasteiger partial charge is 0.447 e. The highest BCUT2D eigenvalue weighted by atomic mass is 19.1. The second kappa shape index (κ2) is 7.66. The molecule has 2 saturated heterocycles. The van der Waals surface area contributed by atoms with Crippen molar-refractivity contribution >= 4 is 17.8 Å². The Morgan fingerprint density at radius 3 is 2.67 bits per heavy atom. The van der Waals surface area contributed by atoms with Crippen molar-refractivity contribution in [2.75, 3.05) is 18.5 Å². The highest BCUT2D eigenvalue weighted by Crippen LogP contribution is 2.42. The summed E-state index contributed by atoms with van der Waals surface area (Å²) in [6.07, 6.45) is 2.23. The van der Waals surface area contributed by atoms with Gasteiger partial charge in [-0.1, -0.05) is 6.92 Å². The van der Waals surface area contributed by atoms with Gasteiger partial charge in [-0.05, 0) is 55.0 Å². The predicted octanol–water partition coefficient (Wildman–Crippen LogP) is 4.22. The van der Waals surface area contributed by atoms with Gasteiger partial charge < -0.3 is 10.1 Å². The van der Waals surface area contributed by atoms with E-state index in [1.54, 1.807) is 17.0 Å². The minimum Gasteiger partial charge on any atom is -0.447 e. The SMILES string of the molecule is CC1[C@H](CC(=O)Nc2ccc(-c3cc(F)cc(F)c3)cn2)CCN2C(=O)OC[C@@]12C. The van der Waals surface area contributed by atoms with Crippen LogP contribution in [0.5, 0.6) is 0 Å². The average Bonchev–Trinajstić information content (AvgIpc) is 3.00. The van der Waals surface area contributed by atoms with E-state index in [0.717, 1.165) is 12.5 Å². The van der Waals surface area contributed by atoms with E-state index in [9.17, 15) is 18.4 Å². The molecule has 0 spiro atoms. The first kappa shape index (κ1) is 20.3. The molecule has 1 N–H and O–H groups in total. The van der Waals surface area contributed by atoms with Crippen molar-refractivity contribution in [3.8, 4) is 11.1 Å². The molecule has 2 aromatic rings. The van der Waals surface area contributed by atoms with Crippen LogP contribution in [-0.4, -0.2) is 40.6 Å². The van der Waals surface area contributed by atoms with Crippen LogP contribution in [0.25, 0.3) is 11.1 Å². The van der Waals surface area contributed by atoms with Gasteiger partial charge in [0.05, 0.1) is 5.54 Å². The Bertz CT molecular complexity index is 962. The van der Waals surface area contributed by atoms with Crippen LogP contribution >= 0.6 is 0 Å². The van der Waals surface area contributed by atoms with Gasteiger partial charge in [0.15, 0.2) is 0 Å². The summed E-state index contributed by atoms with van der Waals surface area (Å²) in [5.41, 5.74) is 0.534. The van der Waals surface area contributed by atoms with E-state index >= 15 is 0 Å². The molecule has 1 aromatic heterocycles. The molecule has 1 unspecified atom stereocenters. The first-order chi connectivity index (χ1) is 14.3. The quantitative estimate of drug-likeness (QED) is 0.812. The monoisotopic (exact) mass is 415 g/mol. The average molecular weight is 415 g/mol. The Hall–Kier alpha value is -3.03. The van der Waals surface area contributed by atoms with Gasteiger partial charge in [0.1, 0.15) is 24.1 Å². The lowest BCUT2D eigenvalue weighted by Crippen LogP contribution is -2.56. The fraction of sp³-hybridized carbons (Fsp3) is 0.409. The Kier molecular flexibility index (Phi) is 5.17. The number of ether oxygens (including phenoxy) is 1. The van der Waals surface area contributed by atoms with Crippen LogP contribution in [0.3, 0.4) is 0 Å². The second-order valence-electron chi connectivity index (χ2n) is 8.24. The third-order valence-corrected chi connectivity index (χ3v) is 6.41. The second-order valence-corrected chi connectivity index (χ2v) is 8.24. The van der Waals surface area contributed by atoms with E-state index in [2.05, 4.69) is 17.2 Å². The number of piperidine rings is 1. The number of benzene rings is 1. The lowest BCUT2D eigenvalue weighted by molar-refractivity contribution is -0.118. The van der Waals surface area contributed by atoms with E-state index in [1.165, 1.54) is 18.3 Å². The maximum absolute atomic E-state index is 13.4. The number of nitrogens with zero attached hydrogens (tertiary/aromatic N) is 2. The maximum atomic E-state index is 13.4. The highest BCUT2D eigenvalue weighted by Gasteiger charge is 2.52. The molecule has 3 atom stereocenters. The van der Waals surface area contributed by atoms with Crippen LogP contribution in [0.1, 0.15) is 26.7 Å². The van der Waals surface area contributed by atoms with Gasteiger partial charge in [0.25, 0.3) is 0 Å². The summed E-state index contributed by atoms with van der Waals surface area (Å²) in [6, 6.07) is 6.52. The van der Waals surface area contributed by atoms with Crippen LogP contribution in [0, 0.1) is 23.5 Å². The number of carbonyl (C=O) groups excluding carboxylic acids is 2. The summed E-state index contributed by atoms with van der Waals surface area (Å²) in [4.78, 5) is 30.4. The van der Waals surface area contributed by atoms with E-state index in [4.69, 9.17) is 4.74 Å². The summed E-state index contributed by atoms with van der Waals surface area (Å²) in [5, 5.41) is 2.78. The van der Waals surface area contributed by atoms with Gasteiger partial charge in [-0.3, -0.25) is 9.69 Å².